The first kappa shape index (κ1) is 20.1. The van der Waals surface area contributed by atoms with E-state index in [1.54, 1.807) is 0 Å². The third kappa shape index (κ3) is 5.69. The molecule has 152 valence electrons. The molecule has 3 rings (SSSR count). The van der Waals surface area contributed by atoms with Crippen molar-refractivity contribution in [2.45, 2.75) is 38.6 Å². The quantitative estimate of drug-likeness (QED) is 0.749. The Morgan fingerprint density at radius 1 is 0.963 bits per heavy atom. The van der Waals surface area contributed by atoms with E-state index in [9.17, 15) is 9.59 Å². The zero-order valence-electron chi connectivity index (χ0n) is 16.6. The van der Waals surface area contributed by atoms with E-state index >= 15 is 0 Å². The van der Waals surface area contributed by atoms with Crippen molar-refractivity contribution in [2.24, 2.45) is 5.92 Å². The highest BCUT2D eigenvalue weighted by molar-refractivity contribution is 5.80. The molecule has 3 heterocycles. The van der Waals surface area contributed by atoms with Gasteiger partial charge in [0.2, 0.25) is 5.91 Å². The monoisotopic (exact) mass is 378 g/mol. The average molecular weight is 379 g/mol. The van der Waals surface area contributed by atoms with E-state index in [1.165, 1.54) is 5.57 Å². The summed E-state index contributed by atoms with van der Waals surface area (Å²) in [5.41, 5.74) is 1.19. The molecule has 0 aromatic heterocycles. The van der Waals surface area contributed by atoms with Crippen LogP contribution in [0.2, 0.25) is 0 Å². The maximum atomic E-state index is 12.6. The molecule has 0 aromatic rings. The summed E-state index contributed by atoms with van der Waals surface area (Å²) in [4.78, 5) is 31.4. The molecular formula is C20H34N4O3. The predicted octanol–water partition coefficient (Wildman–Crippen LogP) is 1.31. The van der Waals surface area contributed by atoms with Crippen molar-refractivity contribution in [1.29, 1.82) is 0 Å². The number of nitrogens with one attached hydrogen (secondary N) is 1. The Kier molecular flexibility index (Phi) is 7.13. The Bertz CT molecular complexity index is 531. The number of nitrogens with zero attached hydrogens (tertiary/aromatic N) is 3. The van der Waals surface area contributed by atoms with Crippen LogP contribution in [0.15, 0.2) is 12.2 Å². The number of hydrogen-bond donors (Lipinski definition) is 1. The molecule has 0 unspecified atom stereocenters. The normalized spacial score (nSPS) is 23.3. The molecule has 0 bridgehead atoms. The molecule has 0 saturated carbocycles. The molecule has 1 N–H and O–H groups in total. The molecule has 0 aromatic carbocycles. The lowest BCUT2D eigenvalue weighted by atomic mass is 9.95. The van der Waals surface area contributed by atoms with Crippen LogP contribution in [-0.2, 0) is 9.53 Å². The van der Waals surface area contributed by atoms with E-state index < -0.39 is 0 Å². The fourth-order valence-electron chi connectivity index (χ4n) is 4.25. The molecule has 0 spiro atoms. The number of carbonyl (C=O) groups excluding carboxylic acids is 2. The lowest BCUT2D eigenvalue weighted by Crippen LogP contribution is -2.52. The summed E-state index contributed by atoms with van der Waals surface area (Å²) < 4.78 is 5.32. The molecule has 7 nitrogen and oxygen atoms in total. The van der Waals surface area contributed by atoms with E-state index in [4.69, 9.17) is 4.74 Å². The van der Waals surface area contributed by atoms with Gasteiger partial charge < -0.3 is 19.9 Å². The number of piperidine rings is 2. The third-order valence-electron chi connectivity index (χ3n) is 5.86. The van der Waals surface area contributed by atoms with Crippen LogP contribution in [0.25, 0.3) is 0 Å². The summed E-state index contributed by atoms with van der Waals surface area (Å²) in [7, 11) is 0. The summed E-state index contributed by atoms with van der Waals surface area (Å²) in [6.45, 7) is 13.0. The van der Waals surface area contributed by atoms with Gasteiger partial charge in [-0.05, 0) is 32.6 Å². The van der Waals surface area contributed by atoms with Crippen LogP contribution in [0.5, 0.6) is 0 Å². The highest BCUT2D eigenvalue weighted by Gasteiger charge is 2.31. The second-order valence-corrected chi connectivity index (χ2v) is 8.16. The van der Waals surface area contributed by atoms with Crippen LogP contribution in [-0.4, -0.2) is 91.7 Å². The smallest absolute Gasteiger partial charge is 0.317 e. The fourth-order valence-corrected chi connectivity index (χ4v) is 4.25. The zero-order chi connectivity index (χ0) is 19.2. The fraction of sp³-hybridized carbons (Fsp3) is 0.800. The number of rotatable bonds is 4. The number of urea groups is 1. The molecule has 0 radical (unpaired) electrons. The van der Waals surface area contributed by atoms with Crippen LogP contribution in [0.1, 0.15) is 32.6 Å². The second kappa shape index (κ2) is 9.55. The largest absolute Gasteiger partial charge is 0.378 e. The highest BCUT2D eigenvalue weighted by Crippen LogP contribution is 2.21. The van der Waals surface area contributed by atoms with Gasteiger partial charge in [-0.25, -0.2) is 4.79 Å². The van der Waals surface area contributed by atoms with Gasteiger partial charge in [0.15, 0.2) is 0 Å². The van der Waals surface area contributed by atoms with Crippen molar-refractivity contribution < 1.29 is 14.3 Å². The van der Waals surface area contributed by atoms with Crippen molar-refractivity contribution in [3.63, 3.8) is 0 Å². The maximum absolute atomic E-state index is 12.6. The molecule has 7 heteroatoms. The molecule has 3 saturated heterocycles. The van der Waals surface area contributed by atoms with Crippen molar-refractivity contribution in [2.75, 3.05) is 59.0 Å². The van der Waals surface area contributed by atoms with Gasteiger partial charge in [-0.2, -0.15) is 0 Å². The van der Waals surface area contributed by atoms with Gasteiger partial charge in [-0.1, -0.05) is 12.2 Å². The standard InChI is InChI=1S/C20H34N4O3/c1-16(2)15-22-7-5-18(6-8-22)21-20(26)24-9-3-17(4-10-24)19(25)23-11-13-27-14-12-23/h17-18H,1,3-15H2,2H3,(H,21,26). The van der Waals surface area contributed by atoms with Crippen molar-refractivity contribution >= 4 is 11.9 Å². The van der Waals surface area contributed by atoms with E-state index in [1.807, 2.05) is 9.80 Å². The first-order chi connectivity index (χ1) is 13.0. The van der Waals surface area contributed by atoms with Gasteiger partial charge in [0.05, 0.1) is 13.2 Å². The first-order valence-corrected chi connectivity index (χ1v) is 10.3. The number of carbonyl (C=O) groups is 2. The Balaban J connectivity index is 1.37. The zero-order valence-corrected chi connectivity index (χ0v) is 16.6. The summed E-state index contributed by atoms with van der Waals surface area (Å²) >= 11 is 0. The van der Waals surface area contributed by atoms with Crippen LogP contribution in [0.3, 0.4) is 0 Å². The molecule has 0 atom stereocenters. The average Bonchev–Trinajstić information content (AvgIpc) is 2.69. The van der Waals surface area contributed by atoms with Crippen molar-refractivity contribution in [3.8, 4) is 0 Å². The predicted molar refractivity (Wildman–Crippen MR) is 105 cm³/mol. The number of morpholine rings is 1. The van der Waals surface area contributed by atoms with Crippen LogP contribution < -0.4 is 5.32 Å². The van der Waals surface area contributed by atoms with Gasteiger partial charge in [-0.15, -0.1) is 0 Å². The lowest BCUT2D eigenvalue weighted by molar-refractivity contribution is -0.141. The van der Waals surface area contributed by atoms with E-state index in [0.717, 1.165) is 45.3 Å². The number of hydrogen-bond acceptors (Lipinski definition) is 4. The Morgan fingerprint density at radius 2 is 1.59 bits per heavy atom. The van der Waals surface area contributed by atoms with Crippen molar-refractivity contribution in [1.82, 2.24) is 20.0 Å². The van der Waals surface area contributed by atoms with Crippen LogP contribution in [0, 0.1) is 5.92 Å². The molecule has 27 heavy (non-hydrogen) atoms. The van der Waals surface area contributed by atoms with E-state index in [0.29, 0.717) is 39.4 Å². The van der Waals surface area contributed by atoms with Gasteiger partial charge in [-0.3, -0.25) is 9.69 Å². The van der Waals surface area contributed by atoms with Gasteiger partial charge >= 0.3 is 6.03 Å². The second-order valence-electron chi connectivity index (χ2n) is 8.16. The first-order valence-electron chi connectivity index (χ1n) is 10.3. The van der Waals surface area contributed by atoms with Gasteiger partial charge in [0.25, 0.3) is 0 Å². The van der Waals surface area contributed by atoms with E-state index in [-0.39, 0.29) is 23.9 Å². The number of ether oxygens (including phenoxy) is 1. The molecule has 0 aliphatic carbocycles. The summed E-state index contributed by atoms with van der Waals surface area (Å²) in [5, 5.41) is 3.20. The molecule has 3 aliphatic heterocycles. The number of amides is 3. The maximum Gasteiger partial charge on any atom is 0.317 e. The minimum atomic E-state index is 0.0330. The molecular weight excluding hydrogens is 344 g/mol. The lowest BCUT2D eigenvalue weighted by Gasteiger charge is -2.37. The molecule has 3 aliphatic rings. The van der Waals surface area contributed by atoms with Crippen molar-refractivity contribution in [3.05, 3.63) is 12.2 Å². The summed E-state index contributed by atoms with van der Waals surface area (Å²) in [6.07, 6.45) is 3.51. The van der Waals surface area contributed by atoms with Gasteiger partial charge in [0.1, 0.15) is 0 Å². The SMILES string of the molecule is C=C(C)CN1CCC(NC(=O)N2CCC(C(=O)N3CCOCC3)CC2)CC1. The molecule has 3 fully saturated rings. The minimum absolute atomic E-state index is 0.0330. The van der Waals surface area contributed by atoms with Crippen LogP contribution >= 0.6 is 0 Å². The highest BCUT2D eigenvalue weighted by atomic mass is 16.5. The summed E-state index contributed by atoms with van der Waals surface area (Å²) in [5.74, 6) is 0.292. The summed E-state index contributed by atoms with van der Waals surface area (Å²) in [6, 6.07) is 0.289. The third-order valence-corrected chi connectivity index (χ3v) is 5.86. The van der Waals surface area contributed by atoms with Gasteiger partial charge in [0, 0.05) is 57.8 Å². The minimum Gasteiger partial charge on any atom is -0.378 e. The topological polar surface area (TPSA) is 65.1 Å². The number of likely N-dealkylation sites (tertiary alicyclic amines) is 2. The van der Waals surface area contributed by atoms with Crippen LogP contribution in [0.4, 0.5) is 4.79 Å². The molecule has 3 amide bonds. The Morgan fingerprint density at radius 3 is 2.19 bits per heavy atom. The Hall–Kier alpha value is -1.60. The Labute approximate surface area is 162 Å². The van der Waals surface area contributed by atoms with E-state index in [2.05, 4.69) is 23.7 Å².